The molecule has 102 valence electrons. The second kappa shape index (κ2) is 4.74. The monoisotopic (exact) mass is 261 g/mol. The van der Waals surface area contributed by atoms with Gasteiger partial charge in [0.2, 0.25) is 5.95 Å². The van der Waals surface area contributed by atoms with Gasteiger partial charge >= 0.3 is 0 Å². The van der Waals surface area contributed by atoms with E-state index in [0.717, 1.165) is 36.4 Å². The molecule has 0 radical (unpaired) electrons. The van der Waals surface area contributed by atoms with E-state index >= 15 is 0 Å². The van der Waals surface area contributed by atoms with Crippen molar-refractivity contribution >= 4 is 17.0 Å². The molecule has 0 bridgehead atoms. The number of ether oxygens (including phenoxy) is 2. The molecule has 3 rings (SSSR count). The number of anilines is 1. The summed E-state index contributed by atoms with van der Waals surface area (Å²) in [6.45, 7) is 3.81. The summed E-state index contributed by atoms with van der Waals surface area (Å²) in [6, 6.07) is 6.19. The number of methoxy groups -OCH3 is 1. The second-order valence-corrected chi connectivity index (χ2v) is 5.03. The zero-order chi connectivity index (χ0) is 13.4. The minimum absolute atomic E-state index is 0.277. The molecular formula is C14H19N3O2. The van der Waals surface area contributed by atoms with E-state index in [1.54, 1.807) is 7.11 Å². The quantitative estimate of drug-likeness (QED) is 0.920. The Bertz CT molecular complexity index is 588. The number of rotatable bonds is 3. The van der Waals surface area contributed by atoms with Crippen molar-refractivity contribution < 1.29 is 9.47 Å². The highest BCUT2D eigenvalue weighted by Crippen LogP contribution is 2.34. The summed E-state index contributed by atoms with van der Waals surface area (Å²) in [5, 5.41) is 0. The maximum absolute atomic E-state index is 6.10. The fraction of sp³-hybridized carbons (Fsp3) is 0.500. The number of nitrogens with zero attached hydrogens (tertiary/aromatic N) is 2. The molecule has 2 atom stereocenters. The predicted molar refractivity (Wildman–Crippen MR) is 74.3 cm³/mol. The molecule has 1 aromatic heterocycles. The molecule has 0 aliphatic carbocycles. The number of hydrogen-bond donors (Lipinski definition) is 1. The third-order valence-corrected chi connectivity index (χ3v) is 3.98. The number of benzene rings is 1. The van der Waals surface area contributed by atoms with Gasteiger partial charge in [-0.05, 0) is 25.5 Å². The third-order valence-electron chi connectivity index (χ3n) is 3.98. The number of hydrogen-bond acceptors (Lipinski definition) is 4. The van der Waals surface area contributed by atoms with Crippen LogP contribution < -0.4 is 10.5 Å². The molecule has 1 fully saturated rings. The minimum atomic E-state index is 0.277. The Balaban J connectivity index is 2.09. The van der Waals surface area contributed by atoms with Crippen LogP contribution in [0.3, 0.4) is 0 Å². The van der Waals surface area contributed by atoms with Crippen LogP contribution in [0.25, 0.3) is 11.0 Å². The molecular weight excluding hydrogens is 242 g/mol. The van der Waals surface area contributed by atoms with E-state index in [1.165, 1.54) is 0 Å². The first-order chi connectivity index (χ1) is 9.22. The average molecular weight is 261 g/mol. The number of fused-ring (bicyclic) bond motifs is 1. The lowest BCUT2D eigenvalue weighted by molar-refractivity contribution is 0.176. The van der Waals surface area contributed by atoms with Crippen LogP contribution in [0.2, 0.25) is 0 Å². The lowest BCUT2D eigenvalue weighted by Crippen LogP contribution is -2.18. The van der Waals surface area contributed by atoms with Gasteiger partial charge in [-0.25, -0.2) is 4.98 Å². The first kappa shape index (κ1) is 12.3. The zero-order valence-corrected chi connectivity index (χ0v) is 11.3. The van der Waals surface area contributed by atoms with E-state index in [2.05, 4.69) is 16.5 Å². The van der Waals surface area contributed by atoms with E-state index in [0.29, 0.717) is 11.9 Å². The van der Waals surface area contributed by atoms with Gasteiger partial charge in [-0.15, -0.1) is 0 Å². The Kier molecular flexibility index (Phi) is 3.06. The van der Waals surface area contributed by atoms with Gasteiger partial charge in [0.1, 0.15) is 11.3 Å². The highest BCUT2D eigenvalue weighted by atomic mass is 16.5. The molecule has 2 unspecified atom stereocenters. The normalized spacial score (nSPS) is 20.8. The predicted octanol–water partition coefficient (Wildman–Crippen LogP) is 2.22. The molecule has 1 aliphatic rings. The Morgan fingerprint density at radius 2 is 2.37 bits per heavy atom. The smallest absolute Gasteiger partial charge is 0.201 e. The summed E-state index contributed by atoms with van der Waals surface area (Å²) in [7, 11) is 1.65. The van der Waals surface area contributed by atoms with Gasteiger partial charge in [0.05, 0.1) is 19.2 Å². The lowest BCUT2D eigenvalue weighted by atomic mass is 10.0. The summed E-state index contributed by atoms with van der Waals surface area (Å²) in [5.74, 6) is 1.79. The van der Waals surface area contributed by atoms with Gasteiger partial charge in [0.25, 0.3) is 0 Å². The molecule has 0 amide bonds. The van der Waals surface area contributed by atoms with Crippen LogP contribution in [0.15, 0.2) is 18.2 Å². The Hall–Kier alpha value is -1.75. The van der Waals surface area contributed by atoms with Gasteiger partial charge < -0.3 is 19.8 Å². The number of aromatic nitrogens is 2. The van der Waals surface area contributed by atoms with Crippen LogP contribution in [0.4, 0.5) is 5.95 Å². The van der Waals surface area contributed by atoms with Crippen LogP contribution >= 0.6 is 0 Å². The third kappa shape index (κ3) is 1.94. The molecule has 0 saturated carbocycles. The molecule has 0 spiro atoms. The van der Waals surface area contributed by atoms with Crippen molar-refractivity contribution in [3.63, 3.8) is 0 Å². The van der Waals surface area contributed by atoms with Crippen molar-refractivity contribution in [1.29, 1.82) is 0 Å². The summed E-state index contributed by atoms with van der Waals surface area (Å²) in [6.07, 6.45) is 1.07. The van der Waals surface area contributed by atoms with Gasteiger partial charge in [-0.3, -0.25) is 0 Å². The van der Waals surface area contributed by atoms with Crippen molar-refractivity contribution in [1.82, 2.24) is 9.55 Å². The average Bonchev–Trinajstić information content (AvgIpc) is 3.04. The first-order valence-corrected chi connectivity index (χ1v) is 6.60. The van der Waals surface area contributed by atoms with Crippen LogP contribution in [-0.2, 0) is 4.74 Å². The van der Waals surface area contributed by atoms with Gasteiger partial charge in [-0.2, -0.15) is 0 Å². The van der Waals surface area contributed by atoms with E-state index in [4.69, 9.17) is 15.2 Å². The summed E-state index contributed by atoms with van der Waals surface area (Å²) in [5.41, 5.74) is 7.95. The molecule has 5 nitrogen and oxygen atoms in total. The fourth-order valence-electron chi connectivity index (χ4n) is 2.85. The van der Waals surface area contributed by atoms with Crippen molar-refractivity contribution in [3.8, 4) is 5.75 Å². The van der Waals surface area contributed by atoms with Crippen molar-refractivity contribution in [2.75, 3.05) is 26.1 Å². The minimum Gasteiger partial charge on any atom is -0.494 e. The first-order valence-electron chi connectivity index (χ1n) is 6.60. The van der Waals surface area contributed by atoms with Gasteiger partial charge in [0, 0.05) is 18.6 Å². The Morgan fingerprint density at radius 3 is 3.05 bits per heavy atom. The van der Waals surface area contributed by atoms with Crippen LogP contribution in [0, 0.1) is 5.92 Å². The molecule has 2 aromatic rings. The Labute approximate surface area is 112 Å². The van der Waals surface area contributed by atoms with E-state index < -0.39 is 0 Å². The molecule has 19 heavy (non-hydrogen) atoms. The van der Waals surface area contributed by atoms with E-state index in [-0.39, 0.29) is 6.04 Å². The standard InChI is InChI=1S/C14H19N3O2/c1-9(10-6-7-19-8-10)17-11-4-3-5-12(18-2)13(11)16-14(17)15/h3-5,9-10H,6-8H2,1-2H3,(H2,15,16). The second-order valence-electron chi connectivity index (χ2n) is 5.03. The maximum atomic E-state index is 6.10. The van der Waals surface area contributed by atoms with Crippen LogP contribution in [-0.4, -0.2) is 29.9 Å². The number of nitrogen functional groups attached to an aromatic ring is 1. The molecule has 1 aromatic carbocycles. The van der Waals surface area contributed by atoms with Crippen molar-refractivity contribution in [3.05, 3.63) is 18.2 Å². The molecule has 2 N–H and O–H groups in total. The zero-order valence-electron chi connectivity index (χ0n) is 11.3. The Morgan fingerprint density at radius 1 is 1.53 bits per heavy atom. The number of nitrogens with two attached hydrogens (primary N) is 1. The highest BCUT2D eigenvalue weighted by molar-refractivity contribution is 5.84. The maximum Gasteiger partial charge on any atom is 0.201 e. The topological polar surface area (TPSA) is 62.3 Å². The van der Waals surface area contributed by atoms with Crippen LogP contribution in [0.1, 0.15) is 19.4 Å². The number of imidazole rings is 1. The van der Waals surface area contributed by atoms with E-state index in [9.17, 15) is 0 Å². The molecule has 2 heterocycles. The van der Waals surface area contributed by atoms with E-state index in [1.807, 2.05) is 18.2 Å². The van der Waals surface area contributed by atoms with Crippen LogP contribution in [0.5, 0.6) is 5.75 Å². The molecule has 1 saturated heterocycles. The molecule has 1 aliphatic heterocycles. The highest BCUT2D eigenvalue weighted by Gasteiger charge is 2.26. The summed E-state index contributed by atoms with van der Waals surface area (Å²) in [4.78, 5) is 4.45. The van der Waals surface area contributed by atoms with Gasteiger partial charge in [-0.1, -0.05) is 6.07 Å². The summed E-state index contributed by atoms with van der Waals surface area (Å²) < 4.78 is 12.9. The number of para-hydroxylation sites is 1. The largest absolute Gasteiger partial charge is 0.494 e. The van der Waals surface area contributed by atoms with Crippen molar-refractivity contribution in [2.45, 2.75) is 19.4 Å². The molecule has 5 heteroatoms. The summed E-state index contributed by atoms with van der Waals surface area (Å²) >= 11 is 0. The lowest BCUT2D eigenvalue weighted by Gasteiger charge is -2.21. The van der Waals surface area contributed by atoms with Crippen molar-refractivity contribution in [2.24, 2.45) is 5.92 Å². The fourth-order valence-corrected chi connectivity index (χ4v) is 2.85. The SMILES string of the molecule is COc1cccc2c1nc(N)n2C(C)C1CCOC1. The van der Waals surface area contributed by atoms with Gasteiger partial charge in [0.15, 0.2) is 0 Å².